The van der Waals surface area contributed by atoms with Gasteiger partial charge in [0.25, 0.3) is 0 Å². The molecule has 3 nitrogen and oxygen atoms in total. The lowest BCUT2D eigenvalue weighted by molar-refractivity contribution is -0.122. The molecule has 1 rings (SSSR count). The van der Waals surface area contributed by atoms with Gasteiger partial charge in [0.05, 0.1) is 6.42 Å². The Morgan fingerprint density at radius 1 is 1.31 bits per heavy atom. The second kappa shape index (κ2) is 5.66. The molecule has 0 aliphatic rings. The van der Waals surface area contributed by atoms with Gasteiger partial charge in [0.1, 0.15) is 0 Å². The molecule has 0 saturated heterocycles. The molecule has 0 spiro atoms. The molecular formula is C13H20N2O. The Labute approximate surface area is 97.0 Å². The van der Waals surface area contributed by atoms with Crippen molar-refractivity contribution in [3.05, 3.63) is 35.9 Å². The summed E-state index contributed by atoms with van der Waals surface area (Å²) in [5, 5.41) is 2.99. The van der Waals surface area contributed by atoms with Crippen LogP contribution in [0.2, 0.25) is 0 Å². The second-order valence-electron chi connectivity index (χ2n) is 4.63. The summed E-state index contributed by atoms with van der Waals surface area (Å²) in [5.74, 6) is 0.0460. The van der Waals surface area contributed by atoms with Gasteiger partial charge in [0, 0.05) is 5.54 Å². The molecule has 1 amide bonds. The molecule has 3 N–H and O–H groups in total. The van der Waals surface area contributed by atoms with Crippen LogP contribution in [0, 0.1) is 0 Å². The van der Waals surface area contributed by atoms with Crippen molar-refractivity contribution in [3.8, 4) is 0 Å². The van der Waals surface area contributed by atoms with Gasteiger partial charge in [-0.1, -0.05) is 30.3 Å². The lowest BCUT2D eigenvalue weighted by atomic mass is 10.00. The predicted molar refractivity (Wildman–Crippen MR) is 66.0 cm³/mol. The maximum atomic E-state index is 11.8. The fraction of sp³-hybridized carbons (Fsp3) is 0.462. The Morgan fingerprint density at radius 2 is 1.94 bits per heavy atom. The van der Waals surface area contributed by atoms with Gasteiger partial charge < -0.3 is 11.1 Å². The zero-order valence-electron chi connectivity index (χ0n) is 9.99. The molecule has 1 aromatic carbocycles. The SMILES string of the molecule is CC(C)(CCN)NC(=O)Cc1ccccc1. The van der Waals surface area contributed by atoms with Crippen LogP contribution in [-0.2, 0) is 11.2 Å². The molecule has 0 atom stereocenters. The zero-order valence-corrected chi connectivity index (χ0v) is 9.99. The van der Waals surface area contributed by atoms with Crippen molar-refractivity contribution in [2.24, 2.45) is 5.73 Å². The second-order valence-corrected chi connectivity index (χ2v) is 4.63. The van der Waals surface area contributed by atoms with Gasteiger partial charge in [0.2, 0.25) is 5.91 Å². The molecule has 0 aromatic heterocycles. The van der Waals surface area contributed by atoms with Crippen molar-refractivity contribution >= 4 is 5.91 Å². The van der Waals surface area contributed by atoms with E-state index in [-0.39, 0.29) is 11.4 Å². The summed E-state index contributed by atoms with van der Waals surface area (Å²) >= 11 is 0. The average Bonchev–Trinajstić information content (AvgIpc) is 2.17. The first-order valence-corrected chi connectivity index (χ1v) is 5.58. The number of rotatable bonds is 5. The first-order valence-electron chi connectivity index (χ1n) is 5.58. The van der Waals surface area contributed by atoms with Gasteiger partial charge in [-0.3, -0.25) is 4.79 Å². The summed E-state index contributed by atoms with van der Waals surface area (Å²) in [6, 6.07) is 9.73. The highest BCUT2D eigenvalue weighted by Gasteiger charge is 2.18. The summed E-state index contributed by atoms with van der Waals surface area (Å²) in [4.78, 5) is 11.8. The lowest BCUT2D eigenvalue weighted by Gasteiger charge is -2.25. The van der Waals surface area contributed by atoms with Crippen LogP contribution < -0.4 is 11.1 Å². The van der Waals surface area contributed by atoms with Crippen molar-refractivity contribution in [2.75, 3.05) is 6.54 Å². The third-order valence-corrected chi connectivity index (χ3v) is 2.45. The van der Waals surface area contributed by atoms with E-state index < -0.39 is 0 Å². The van der Waals surface area contributed by atoms with Crippen LogP contribution in [0.25, 0.3) is 0 Å². The largest absolute Gasteiger partial charge is 0.351 e. The van der Waals surface area contributed by atoms with E-state index in [1.807, 2.05) is 44.2 Å². The summed E-state index contributed by atoms with van der Waals surface area (Å²) in [5.41, 5.74) is 6.30. The van der Waals surface area contributed by atoms with Gasteiger partial charge in [-0.2, -0.15) is 0 Å². The summed E-state index contributed by atoms with van der Waals surface area (Å²) in [6.45, 7) is 4.56. The van der Waals surface area contributed by atoms with Crippen molar-refractivity contribution in [1.29, 1.82) is 0 Å². The Kier molecular flexibility index (Phi) is 4.50. The van der Waals surface area contributed by atoms with Crippen molar-refractivity contribution in [2.45, 2.75) is 32.2 Å². The van der Waals surface area contributed by atoms with Gasteiger partial charge in [-0.05, 0) is 32.4 Å². The minimum atomic E-state index is -0.222. The normalized spacial score (nSPS) is 11.2. The van der Waals surface area contributed by atoms with Crippen molar-refractivity contribution in [3.63, 3.8) is 0 Å². The Hall–Kier alpha value is -1.35. The smallest absolute Gasteiger partial charge is 0.224 e. The fourth-order valence-electron chi connectivity index (χ4n) is 1.63. The Balaban J connectivity index is 2.48. The lowest BCUT2D eigenvalue weighted by Crippen LogP contribution is -2.45. The Bertz CT molecular complexity index is 333. The van der Waals surface area contributed by atoms with Crippen LogP contribution in [0.4, 0.5) is 0 Å². The van der Waals surface area contributed by atoms with E-state index in [1.165, 1.54) is 0 Å². The van der Waals surface area contributed by atoms with Crippen LogP contribution in [-0.4, -0.2) is 18.0 Å². The van der Waals surface area contributed by atoms with Crippen molar-refractivity contribution < 1.29 is 4.79 Å². The quantitative estimate of drug-likeness (QED) is 0.789. The molecular weight excluding hydrogens is 200 g/mol. The molecule has 16 heavy (non-hydrogen) atoms. The van der Waals surface area contributed by atoms with E-state index in [1.54, 1.807) is 0 Å². The van der Waals surface area contributed by atoms with Crippen LogP contribution >= 0.6 is 0 Å². The number of amides is 1. The number of benzene rings is 1. The third kappa shape index (κ3) is 4.45. The number of nitrogens with two attached hydrogens (primary N) is 1. The molecule has 0 unspecified atom stereocenters. The molecule has 0 bridgehead atoms. The van der Waals surface area contributed by atoms with E-state index in [0.29, 0.717) is 13.0 Å². The highest BCUT2D eigenvalue weighted by molar-refractivity contribution is 5.79. The molecule has 0 heterocycles. The molecule has 0 radical (unpaired) electrons. The number of nitrogens with one attached hydrogen (secondary N) is 1. The van der Waals surface area contributed by atoms with E-state index >= 15 is 0 Å². The summed E-state index contributed by atoms with van der Waals surface area (Å²) in [7, 11) is 0. The first kappa shape index (κ1) is 12.7. The van der Waals surface area contributed by atoms with Gasteiger partial charge in [-0.15, -0.1) is 0 Å². The van der Waals surface area contributed by atoms with Crippen LogP contribution in [0.3, 0.4) is 0 Å². The standard InChI is InChI=1S/C13H20N2O/c1-13(2,8-9-14)15-12(16)10-11-6-4-3-5-7-11/h3-7H,8-10,14H2,1-2H3,(H,15,16). The molecule has 0 aliphatic heterocycles. The molecule has 3 heteroatoms. The minimum Gasteiger partial charge on any atom is -0.351 e. The van der Waals surface area contributed by atoms with Crippen LogP contribution in [0.5, 0.6) is 0 Å². The summed E-state index contributed by atoms with van der Waals surface area (Å²) < 4.78 is 0. The maximum absolute atomic E-state index is 11.8. The molecule has 0 aliphatic carbocycles. The monoisotopic (exact) mass is 220 g/mol. The van der Waals surface area contributed by atoms with Crippen LogP contribution in [0.1, 0.15) is 25.8 Å². The van der Waals surface area contributed by atoms with Crippen molar-refractivity contribution in [1.82, 2.24) is 5.32 Å². The summed E-state index contributed by atoms with van der Waals surface area (Å²) in [6.07, 6.45) is 1.21. The third-order valence-electron chi connectivity index (χ3n) is 2.45. The number of hydrogen-bond acceptors (Lipinski definition) is 2. The topological polar surface area (TPSA) is 55.1 Å². The van der Waals surface area contributed by atoms with E-state index in [9.17, 15) is 4.79 Å². The first-order chi connectivity index (χ1) is 7.53. The number of carbonyl (C=O) groups excluding carboxylic acids is 1. The minimum absolute atomic E-state index is 0.0460. The highest BCUT2D eigenvalue weighted by atomic mass is 16.1. The molecule has 1 aromatic rings. The fourth-order valence-corrected chi connectivity index (χ4v) is 1.63. The van der Waals surface area contributed by atoms with Gasteiger partial charge >= 0.3 is 0 Å². The van der Waals surface area contributed by atoms with Gasteiger partial charge in [0.15, 0.2) is 0 Å². The number of carbonyl (C=O) groups is 1. The maximum Gasteiger partial charge on any atom is 0.224 e. The molecule has 0 saturated carbocycles. The Morgan fingerprint density at radius 3 is 2.50 bits per heavy atom. The predicted octanol–water partition coefficient (Wildman–Crippen LogP) is 1.47. The van der Waals surface area contributed by atoms with E-state index in [0.717, 1.165) is 12.0 Å². The highest BCUT2D eigenvalue weighted by Crippen LogP contribution is 2.07. The number of hydrogen-bond donors (Lipinski definition) is 2. The molecule has 0 fully saturated rings. The molecule has 88 valence electrons. The average molecular weight is 220 g/mol. The van der Waals surface area contributed by atoms with Gasteiger partial charge in [-0.25, -0.2) is 0 Å². The van der Waals surface area contributed by atoms with E-state index in [2.05, 4.69) is 5.32 Å². The zero-order chi connectivity index (χ0) is 12.0. The van der Waals surface area contributed by atoms with Crippen LogP contribution in [0.15, 0.2) is 30.3 Å². The van der Waals surface area contributed by atoms with E-state index in [4.69, 9.17) is 5.73 Å².